The Morgan fingerprint density at radius 2 is 1.68 bits per heavy atom. The molecule has 3 aromatic rings. The Morgan fingerprint density at radius 3 is 2.29 bits per heavy atom. The highest BCUT2D eigenvalue weighted by Crippen LogP contribution is 2.18. The van der Waals surface area contributed by atoms with Gasteiger partial charge >= 0.3 is 5.97 Å². The third kappa shape index (κ3) is 4.01. The molecule has 0 aliphatic heterocycles. The number of hydrogen-bond donors (Lipinski definition) is 0. The molecule has 3 rings (SSSR count). The van der Waals surface area contributed by atoms with Crippen molar-refractivity contribution >= 4 is 22.5 Å². The van der Waals surface area contributed by atoms with Crippen molar-refractivity contribution in [1.82, 2.24) is 9.78 Å². The Morgan fingerprint density at radius 1 is 1.04 bits per heavy atom. The fourth-order valence-corrected chi connectivity index (χ4v) is 2.92. The number of ketones is 1. The predicted molar refractivity (Wildman–Crippen MR) is 107 cm³/mol. The zero-order valence-electron chi connectivity index (χ0n) is 16.1. The number of carbonyl (C=O) groups excluding carboxylic acids is 2. The summed E-state index contributed by atoms with van der Waals surface area (Å²) in [6.07, 6.45) is 0.409. The van der Waals surface area contributed by atoms with E-state index >= 15 is 0 Å². The van der Waals surface area contributed by atoms with Gasteiger partial charge in [-0.05, 0) is 36.2 Å². The van der Waals surface area contributed by atoms with Crippen molar-refractivity contribution in [1.29, 1.82) is 0 Å². The molecule has 0 N–H and O–H groups in total. The van der Waals surface area contributed by atoms with E-state index in [1.54, 1.807) is 55.5 Å². The molecule has 0 fully saturated rings. The normalized spacial score (nSPS) is 11.0. The largest absolute Gasteiger partial charge is 0.422 e. The number of benzene rings is 2. The molecule has 1 aromatic heterocycles. The number of carbonyl (C=O) groups is 2. The van der Waals surface area contributed by atoms with Crippen LogP contribution >= 0.6 is 0 Å². The van der Waals surface area contributed by atoms with Crippen molar-refractivity contribution in [3.8, 4) is 5.75 Å². The molecule has 0 saturated heterocycles. The van der Waals surface area contributed by atoms with Crippen molar-refractivity contribution in [2.24, 2.45) is 5.92 Å². The zero-order valence-corrected chi connectivity index (χ0v) is 16.1. The van der Waals surface area contributed by atoms with E-state index in [9.17, 15) is 14.4 Å². The topological polar surface area (TPSA) is 78.3 Å². The minimum absolute atomic E-state index is 0.0197. The Balaban J connectivity index is 1.98. The Hall–Kier alpha value is -3.28. The number of Topliss-reactive ketones (excluding diaryl/α,β-unsaturated/α-hetero) is 1. The number of hydrogen-bond acceptors (Lipinski definition) is 5. The summed E-state index contributed by atoms with van der Waals surface area (Å²) in [7, 11) is 0. The maximum absolute atomic E-state index is 12.8. The Labute approximate surface area is 162 Å². The lowest BCUT2D eigenvalue weighted by Gasteiger charge is -2.12. The number of fused-ring (bicyclic) bond motifs is 1. The van der Waals surface area contributed by atoms with E-state index in [0.29, 0.717) is 35.1 Å². The fourth-order valence-electron chi connectivity index (χ4n) is 2.92. The Bertz CT molecular complexity index is 1080. The molecule has 144 valence electrons. The van der Waals surface area contributed by atoms with Crippen molar-refractivity contribution < 1.29 is 14.3 Å². The second-order valence-corrected chi connectivity index (χ2v) is 6.97. The standard InChI is InChI=1S/C22H22N2O4/c1-4-19(25)15-9-11-16(12-10-15)28-22(27)20-17-7-5-6-8-18(17)21(26)24(23-20)13-14(2)3/h5-12,14H,4,13H2,1-3H3. The third-order valence-corrected chi connectivity index (χ3v) is 4.31. The summed E-state index contributed by atoms with van der Waals surface area (Å²) in [5.74, 6) is -0.126. The highest BCUT2D eigenvalue weighted by molar-refractivity contribution is 6.03. The minimum Gasteiger partial charge on any atom is -0.422 e. The van der Waals surface area contributed by atoms with Crippen LogP contribution in [0, 0.1) is 5.92 Å². The highest BCUT2D eigenvalue weighted by atomic mass is 16.5. The van der Waals surface area contributed by atoms with Crippen molar-refractivity contribution in [3.63, 3.8) is 0 Å². The molecule has 0 aliphatic rings. The molecular weight excluding hydrogens is 356 g/mol. The van der Waals surface area contributed by atoms with Gasteiger partial charge in [0.15, 0.2) is 11.5 Å². The average molecular weight is 378 g/mol. The molecule has 28 heavy (non-hydrogen) atoms. The number of rotatable bonds is 6. The van der Waals surface area contributed by atoms with Gasteiger partial charge in [-0.3, -0.25) is 9.59 Å². The van der Waals surface area contributed by atoms with Gasteiger partial charge in [0.1, 0.15) is 5.75 Å². The second kappa shape index (κ2) is 8.17. The highest BCUT2D eigenvalue weighted by Gasteiger charge is 2.19. The third-order valence-electron chi connectivity index (χ3n) is 4.31. The van der Waals surface area contributed by atoms with Crippen LogP contribution in [-0.4, -0.2) is 21.5 Å². The van der Waals surface area contributed by atoms with Gasteiger partial charge in [-0.1, -0.05) is 39.0 Å². The van der Waals surface area contributed by atoms with Gasteiger partial charge in [0, 0.05) is 23.9 Å². The summed E-state index contributed by atoms with van der Waals surface area (Å²) in [5, 5.41) is 5.15. The lowest BCUT2D eigenvalue weighted by molar-refractivity contribution is 0.0727. The van der Waals surface area contributed by atoms with Crippen molar-refractivity contribution in [2.75, 3.05) is 0 Å². The summed E-state index contributed by atoms with van der Waals surface area (Å²) >= 11 is 0. The molecule has 0 unspecified atom stereocenters. The van der Waals surface area contributed by atoms with E-state index in [-0.39, 0.29) is 23.0 Å². The first kappa shape index (κ1) is 19.5. The van der Waals surface area contributed by atoms with Crippen LogP contribution in [0.25, 0.3) is 10.8 Å². The SMILES string of the molecule is CCC(=O)c1ccc(OC(=O)c2nn(CC(C)C)c(=O)c3ccccc23)cc1. The monoisotopic (exact) mass is 378 g/mol. The summed E-state index contributed by atoms with van der Waals surface area (Å²) in [4.78, 5) is 37.2. The summed E-state index contributed by atoms with van der Waals surface area (Å²) in [6.45, 7) is 6.14. The summed E-state index contributed by atoms with van der Waals surface area (Å²) in [5.41, 5.74) is 0.421. The molecule has 0 amide bonds. The lowest BCUT2D eigenvalue weighted by atomic mass is 10.1. The first-order valence-electron chi connectivity index (χ1n) is 9.26. The minimum atomic E-state index is -0.650. The molecule has 0 saturated carbocycles. The molecule has 0 bridgehead atoms. The van der Waals surface area contributed by atoms with Crippen LogP contribution in [-0.2, 0) is 6.54 Å². The molecule has 6 nitrogen and oxygen atoms in total. The Kier molecular flexibility index (Phi) is 5.68. The van der Waals surface area contributed by atoms with Crippen LogP contribution < -0.4 is 10.3 Å². The van der Waals surface area contributed by atoms with E-state index < -0.39 is 5.97 Å². The fraction of sp³-hybridized carbons (Fsp3) is 0.273. The van der Waals surface area contributed by atoms with Crippen LogP contribution in [0.4, 0.5) is 0 Å². The van der Waals surface area contributed by atoms with Gasteiger partial charge in [-0.2, -0.15) is 5.10 Å². The molecule has 2 aromatic carbocycles. The van der Waals surface area contributed by atoms with Gasteiger partial charge in [0.2, 0.25) is 0 Å². The van der Waals surface area contributed by atoms with Gasteiger partial charge in [-0.15, -0.1) is 0 Å². The van der Waals surface area contributed by atoms with E-state index in [4.69, 9.17) is 4.74 Å². The number of ether oxygens (including phenoxy) is 1. The van der Waals surface area contributed by atoms with Crippen LogP contribution in [0.15, 0.2) is 53.3 Å². The number of nitrogens with zero attached hydrogens (tertiary/aromatic N) is 2. The van der Waals surface area contributed by atoms with Crippen LogP contribution in [0.5, 0.6) is 5.75 Å². The number of esters is 1. The summed E-state index contributed by atoms with van der Waals surface area (Å²) in [6, 6.07) is 13.3. The average Bonchev–Trinajstić information content (AvgIpc) is 2.69. The molecule has 0 aliphatic carbocycles. The molecular formula is C22H22N2O4. The van der Waals surface area contributed by atoms with Crippen LogP contribution in [0.3, 0.4) is 0 Å². The van der Waals surface area contributed by atoms with Gasteiger partial charge in [0.05, 0.1) is 5.39 Å². The maximum Gasteiger partial charge on any atom is 0.364 e. The predicted octanol–water partition coefficient (Wildman–Crippen LogP) is 3.86. The van der Waals surface area contributed by atoms with Gasteiger partial charge in [0.25, 0.3) is 5.56 Å². The number of aromatic nitrogens is 2. The molecule has 6 heteroatoms. The molecule has 0 radical (unpaired) electrons. The smallest absolute Gasteiger partial charge is 0.364 e. The van der Waals surface area contributed by atoms with Gasteiger partial charge in [-0.25, -0.2) is 9.48 Å². The van der Waals surface area contributed by atoms with E-state index in [1.807, 2.05) is 13.8 Å². The second-order valence-electron chi connectivity index (χ2n) is 6.97. The zero-order chi connectivity index (χ0) is 20.3. The van der Waals surface area contributed by atoms with E-state index in [1.165, 1.54) is 4.68 Å². The van der Waals surface area contributed by atoms with Crippen molar-refractivity contribution in [3.05, 3.63) is 70.1 Å². The quantitative estimate of drug-likeness (QED) is 0.370. The summed E-state index contributed by atoms with van der Waals surface area (Å²) < 4.78 is 6.76. The first-order valence-corrected chi connectivity index (χ1v) is 9.26. The first-order chi connectivity index (χ1) is 13.4. The van der Waals surface area contributed by atoms with E-state index in [0.717, 1.165) is 0 Å². The van der Waals surface area contributed by atoms with Crippen LogP contribution in [0.2, 0.25) is 0 Å². The van der Waals surface area contributed by atoms with E-state index in [2.05, 4.69) is 5.10 Å². The molecule has 1 heterocycles. The van der Waals surface area contributed by atoms with Crippen LogP contribution in [0.1, 0.15) is 48.0 Å². The molecule has 0 atom stereocenters. The van der Waals surface area contributed by atoms with Crippen molar-refractivity contribution in [2.45, 2.75) is 33.7 Å². The maximum atomic E-state index is 12.8. The van der Waals surface area contributed by atoms with Gasteiger partial charge < -0.3 is 4.74 Å². The lowest BCUT2D eigenvalue weighted by Crippen LogP contribution is -2.28. The molecule has 0 spiro atoms.